The first kappa shape index (κ1) is 19.8. The molecule has 8 heteroatoms. The number of nitrogens with zero attached hydrogens (tertiary/aromatic N) is 1. The van der Waals surface area contributed by atoms with Crippen LogP contribution in [0.4, 0.5) is 14.5 Å². The molecule has 1 atom stereocenters. The number of carbonyl (C=O) groups is 1. The number of anilines is 1. The van der Waals surface area contributed by atoms with Crippen LogP contribution in [0.15, 0.2) is 42.5 Å². The Morgan fingerprint density at radius 2 is 1.85 bits per heavy atom. The predicted molar refractivity (Wildman–Crippen MR) is 96.2 cm³/mol. The van der Waals surface area contributed by atoms with Crippen LogP contribution in [0.25, 0.3) is 0 Å². The Hall–Kier alpha value is -2.48. The van der Waals surface area contributed by atoms with E-state index >= 15 is 0 Å². The monoisotopic (exact) mass is 382 g/mol. The summed E-state index contributed by atoms with van der Waals surface area (Å²) in [7, 11) is -3.90. The lowest BCUT2D eigenvalue weighted by Crippen LogP contribution is -2.47. The van der Waals surface area contributed by atoms with Crippen molar-refractivity contribution in [2.75, 3.05) is 10.6 Å². The van der Waals surface area contributed by atoms with E-state index in [-0.39, 0.29) is 12.2 Å². The summed E-state index contributed by atoms with van der Waals surface area (Å²) in [5, 5.41) is 2.66. The molecule has 0 aliphatic rings. The number of benzene rings is 2. The minimum Gasteiger partial charge on any atom is -0.350 e. The van der Waals surface area contributed by atoms with Gasteiger partial charge in [-0.25, -0.2) is 17.2 Å². The minimum atomic E-state index is -3.90. The molecule has 5 nitrogen and oxygen atoms in total. The maximum Gasteiger partial charge on any atom is 0.243 e. The molecule has 2 rings (SSSR count). The summed E-state index contributed by atoms with van der Waals surface area (Å²) in [6.07, 6.45) is 0.901. The van der Waals surface area contributed by atoms with Crippen LogP contribution in [0.1, 0.15) is 18.1 Å². The molecule has 1 N–H and O–H groups in total. The average molecular weight is 382 g/mol. The van der Waals surface area contributed by atoms with Gasteiger partial charge in [0.15, 0.2) is 11.6 Å². The van der Waals surface area contributed by atoms with Gasteiger partial charge in [0.2, 0.25) is 15.9 Å². The summed E-state index contributed by atoms with van der Waals surface area (Å²) >= 11 is 0. The van der Waals surface area contributed by atoms with E-state index in [4.69, 9.17) is 0 Å². The smallest absolute Gasteiger partial charge is 0.243 e. The van der Waals surface area contributed by atoms with Gasteiger partial charge < -0.3 is 5.32 Å². The second-order valence-electron chi connectivity index (χ2n) is 6.04. The van der Waals surface area contributed by atoms with Crippen LogP contribution in [0.5, 0.6) is 0 Å². The van der Waals surface area contributed by atoms with Crippen LogP contribution in [0, 0.1) is 18.6 Å². The number of sulfonamides is 1. The molecule has 0 aromatic heterocycles. The molecule has 0 radical (unpaired) electrons. The quantitative estimate of drug-likeness (QED) is 0.835. The van der Waals surface area contributed by atoms with Crippen LogP contribution in [0.2, 0.25) is 0 Å². The van der Waals surface area contributed by atoms with Gasteiger partial charge in [-0.15, -0.1) is 0 Å². The van der Waals surface area contributed by atoms with E-state index in [1.165, 1.54) is 6.92 Å². The fraction of sp³-hybridized carbons (Fsp3) is 0.278. The van der Waals surface area contributed by atoms with E-state index in [1.807, 2.05) is 31.2 Å². The zero-order valence-electron chi connectivity index (χ0n) is 14.7. The lowest BCUT2D eigenvalue weighted by Gasteiger charge is -2.28. The molecule has 26 heavy (non-hydrogen) atoms. The Morgan fingerprint density at radius 3 is 2.42 bits per heavy atom. The predicted octanol–water partition coefficient (Wildman–Crippen LogP) is 2.74. The van der Waals surface area contributed by atoms with Gasteiger partial charge in [-0.3, -0.25) is 9.10 Å². The summed E-state index contributed by atoms with van der Waals surface area (Å²) in [5.41, 5.74) is 1.78. The molecule has 0 aliphatic carbocycles. The van der Waals surface area contributed by atoms with E-state index in [9.17, 15) is 22.0 Å². The highest BCUT2D eigenvalue weighted by molar-refractivity contribution is 7.92. The van der Waals surface area contributed by atoms with Crippen molar-refractivity contribution in [1.82, 2.24) is 5.32 Å². The zero-order valence-corrected chi connectivity index (χ0v) is 15.5. The molecule has 0 saturated heterocycles. The fourth-order valence-electron chi connectivity index (χ4n) is 2.59. The first-order valence-corrected chi connectivity index (χ1v) is 9.72. The lowest BCUT2D eigenvalue weighted by molar-refractivity contribution is -0.122. The maximum absolute atomic E-state index is 13.5. The number of hydrogen-bond donors (Lipinski definition) is 1. The van der Waals surface area contributed by atoms with E-state index in [0.29, 0.717) is 0 Å². The molecule has 0 bridgehead atoms. The third-order valence-electron chi connectivity index (χ3n) is 3.80. The SMILES string of the molecule is Cc1cccc(CNC(=O)C(C)N(c2ccc(F)c(F)c2)S(C)(=O)=O)c1. The Labute approximate surface area is 151 Å². The molecular formula is C18H20F2N2O3S. The Morgan fingerprint density at radius 1 is 1.15 bits per heavy atom. The molecular weight excluding hydrogens is 362 g/mol. The van der Waals surface area contributed by atoms with Crippen molar-refractivity contribution >= 4 is 21.6 Å². The number of halogens is 2. The Balaban J connectivity index is 2.22. The van der Waals surface area contributed by atoms with Gasteiger partial charge >= 0.3 is 0 Å². The Kier molecular flexibility index (Phi) is 5.97. The summed E-state index contributed by atoms with van der Waals surface area (Å²) in [6.45, 7) is 3.52. The molecule has 140 valence electrons. The summed E-state index contributed by atoms with van der Waals surface area (Å²) in [5.74, 6) is -2.84. The van der Waals surface area contributed by atoms with Crippen molar-refractivity contribution in [3.63, 3.8) is 0 Å². The molecule has 1 amide bonds. The molecule has 2 aromatic carbocycles. The first-order valence-electron chi connectivity index (χ1n) is 7.87. The molecule has 0 heterocycles. The molecule has 0 spiro atoms. The number of carbonyl (C=O) groups excluding carboxylic acids is 1. The second-order valence-corrected chi connectivity index (χ2v) is 7.90. The summed E-state index contributed by atoms with van der Waals surface area (Å²) < 4.78 is 51.6. The number of nitrogens with one attached hydrogen (secondary N) is 1. The van der Waals surface area contributed by atoms with Crippen molar-refractivity contribution in [2.45, 2.75) is 26.4 Å². The highest BCUT2D eigenvalue weighted by Gasteiger charge is 2.29. The van der Waals surface area contributed by atoms with E-state index in [2.05, 4.69) is 5.32 Å². The third kappa shape index (κ3) is 4.78. The van der Waals surface area contributed by atoms with Crippen molar-refractivity contribution in [3.05, 3.63) is 65.2 Å². The molecule has 1 unspecified atom stereocenters. The van der Waals surface area contributed by atoms with Gasteiger partial charge in [-0.1, -0.05) is 29.8 Å². The van der Waals surface area contributed by atoms with Crippen molar-refractivity contribution < 1.29 is 22.0 Å². The van der Waals surface area contributed by atoms with Gasteiger partial charge in [0.25, 0.3) is 0 Å². The van der Waals surface area contributed by atoms with Gasteiger partial charge in [0.05, 0.1) is 11.9 Å². The van der Waals surface area contributed by atoms with E-state index in [1.54, 1.807) is 0 Å². The number of amides is 1. The van der Waals surface area contributed by atoms with Crippen LogP contribution in [-0.4, -0.2) is 26.6 Å². The fourth-order valence-corrected chi connectivity index (χ4v) is 3.76. The highest BCUT2D eigenvalue weighted by atomic mass is 32.2. The number of aryl methyl sites for hydroxylation is 1. The normalized spacial score (nSPS) is 12.5. The van der Waals surface area contributed by atoms with E-state index < -0.39 is 33.6 Å². The maximum atomic E-state index is 13.5. The van der Waals surface area contributed by atoms with Crippen LogP contribution < -0.4 is 9.62 Å². The third-order valence-corrected chi connectivity index (χ3v) is 5.04. The number of hydrogen-bond acceptors (Lipinski definition) is 3. The van der Waals surface area contributed by atoms with Crippen molar-refractivity contribution in [1.29, 1.82) is 0 Å². The van der Waals surface area contributed by atoms with Crippen LogP contribution >= 0.6 is 0 Å². The Bertz CT molecular complexity index is 916. The molecule has 2 aromatic rings. The average Bonchev–Trinajstić information content (AvgIpc) is 2.55. The van der Waals surface area contributed by atoms with Gasteiger partial charge in [0.1, 0.15) is 6.04 Å². The molecule has 0 aliphatic heterocycles. The number of rotatable bonds is 6. The minimum absolute atomic E-state index is 0.121. The summed E-state index contributed by atoms with van der Waals surface area (Å²) in [6, 6.07) is 9.05. The lowest BCUT2D eigenvalue weighted by atomic mass is 10.1. The second kappa shape index (κ2) is 7.82. The largest absolute Gasteiger partial charge is 0.350 e. The molecule has 0 fully saturated rings. The van der Waals surface area contributed by atoms with Crippen molar-refractivity contribution in [2.24, 2.45) is 0 Å². The zero-order chi connectivity index (χ0) is 19.5. The first-order chi connectivity index (χ1) is 12.1. The van der Waals surface area contributed by atoms with Gasteiger partial charge in [-0.05, 0) is 31.5 Å². The topological polar surface area (TPSA) is 66.5 Å². The van der Waals surface area contributed by atoms with Crippen LogP contribution in [0.3, 0.4) is 0 Å². The standard InChI is InChI=1S/C18H20F2N2O3S/c1-12-5-4-6-14(9-12)11-21-18(23)13(2)22(26(3,24)25)15-7-8-16(19)17(20)10-15/h4-10,13H,11H2,1-3H3,(H,21,23). The van der Waals surface area contributed by atoms with Gasteiger partial charge in [-0.2, -0.15) is 0 Å². The van der Waals surface area contributed by atoms with E-state index in [0.717, 1.165) is 39.9 Å². The molecule has 0 saturated carbocycles. The highest BCUT2D eigenvalue weighted by Crippen LogP contribution is 2.23. The van der Waals surface area contributed by atoms with Crippen LogP contribution in [-0.2, 0) is 21.4 Å². The summed E-state index contributed by atoms with van der Waals surface area (Å²) in [4.78, 5) is 12.4. The van der Waals surface area contributed by atoms with Crippen molar-refractivity contribution in [3.8, 4) is 0 Å². The van der Waals surface area contributed by atoms with Gasteiger partial charge in [0, 0.05) is 12.6 Å².